The third-order valence-electron chi connectivity index (χ3n) is 1.84. The summed E-state index contributed by atoms with van der Waals surface area (Å²) in [4.78, 5) is 12.6. The fraction of sp³-hybridized carbons (Fsp3) is 0.857. The minimum absolute atomic E-state index is 0.0430. The van der Waals surface area contributed by atoms with Gasteiger partial charge in [-0.25, -0.2) is 8.42 Å². The largest absolute Gasteiger partial charge is 0.327 e. The van der Waals surface area contributed by atoms with E-state index >= 15 is 0 Å². The van der Waals surface area contributed by atoms with Crippen LogP contribution in [0, 0.1) is 0 Å². The van der Waals surface area contributed by atoms with Gasteiger partial charge in [0.2, 0.25) is 5.91 Å². The molecule has 0 bridgehead atoms. The molecule has 1 saturated heterocycles. The van der Waals surface area contributed by atoms with Gasteiger partial charge < -0.3 is 4.90 Å². The molecule has 0 aromatic carbocycles. The Kier molecular flexibility index (Phi) is 2.72. The summed E-state index contributed by atoms with van der Waals surface area (Å²) >= 11 is 0. The molecule has 1 fully saturated rings. The van der Waals surface area contributed by atoms with E-state index in [0.29, 0.717) is 13.0 Å². The Bertz CT molecular complexity index is 270. The van der Waals surface area contributed by atoms with E-state index < -0.39 is 9.84 Å². The predicted molar refractivity (Wildman–Crippen MR) is 45.3 cm³/mol. The first kappa shape index (κ1) is 9.51. The van der Waals surface area contributed by atoms with Gasteiger partial charge in [-0.1, -0.05) is 6.92 Å². The lowest BCUT2D eigenvalue weighted by atomic mass is 10.3. The molecule has 0 N–H and O–H groups in total. The Morgan fingerprint density at radius 1 is 1.50 bits per heavy atom. The van der Waals surface area contributed by atoms with Crippen LogP contribution in [-0.4, -0.2) is 37.4 Å². The van der Waals surface area contributed by atoms with Crippen LogP contribution in [0.5, 0.6) is 0 Å². The maximum atomic E-state index is 11.2. The van der Waals surface area contributed by atoms with Gasteiger partial charge in [0.05, 0.1) is 5.75 Å². The fourth-order valence-corrected chi connectivity index (χ4v) is 2.56. The summed E-state index contributed by atoms with van der Waals surface area (Å²) in [6.45, 7) is 2.28. The van der Waals surface area contributed by atoms with Gasteiger partial charge in [0, 0.05) is 13.0 Å². The van der Waals surface area contributed by atoms with Gasteiger partial charge in [0.15, 0.2) is 9.84 Å². The Labute approximate surface area is 72.5 Å². The van der Waals surface area contributed by atoms with Crippen molar-refractivity contribution in [1.29, 1.82) is 0 Å². The van der Waals surface area contributed by atoms with Crippen LogP contribution in [0.25, 0.3) is 0 Å². The highest BCUT2D eigenvalue weighted by molar-refractivity contribution is 7.91. The third-order valence-corrected chi connectivity index (χ3v) is 3.35. The minimum Gasteiger partial charge on any atom is -0.327 e. The normalized spacial score (nSPS) is 21.2. The number of carbonyl (C=O) groups is 1. The molecule has 1 heterocycles. The summed E-state index contributed by atoms with van der Waals surface area (Å²) in [5.41, 5.74) is 0. The highest BCUT2D eigenvalue weighted by Crippen LogP contribution is 2.09. The zero-order chi connectivity index (χ0) is 9.19. The summed E-state index contributed by atoms with van der Waals surface area (Å²) in [7, 11) is -2.95. The summed E-state index contributed by atoms with van der Waals surface area (Å²) < 4.78 is 21.9. The molecule has 1 aliphatic rings. The third kappa shape index (κ3) is 2.20. The SMILES string of the molecule is CCCC(=O)N1CCS(=O)(=O)C1. The highest BCUT2D eigenvalue weighted by Gasteiger charge is 2.28. The Morgan fingerprint density at radius 3 is 2.58 bits per heavy atom. The molecule has 1 amide bonds. The Balaban J connectivity index is 2.53. The van der Waals surface area contributed by atoms with Crippen LogP contribution in [0.1, 0.15) is 19.8 Å². The minimum atomic E-state index is -2.95. The van der Waals surface area contributed by atoms with Gasteiger partial charge >= 0.3 is 0 Å². The van der Waals surface area contributed by atoms with Gasteiger partial charge in [-0.15, -0.1) is 0 Å². The maximum absolute atomic E-state index is 11.2. The fourth-order valence-electron chi connectivity index (χ4n) is 1.18. The quantitative estimate of drug-likeness (QED) is 0.617. The molecule has 12 heavy (non-hydrogen) atoms. The van der Waals surface area contributed by atoms with Crippen LogP contribution in [0.3, 0.4) is 0 Å². The first-order chi connectivity index (χ1) is 5.55. The average molecular weight is 191 g/mol. The molecule has 1 rings (SSSR count). The summed E-state index contributed by atoms with van der Waals surface area (Å²) in [6.07, 6.45) is 1.23. The van der Waals surface area contributed by atoms with Crippen molar-refractivity contribution in [2.24, 2.45) is 0 Å². The van der Waals surface area contributed by atoms with E-state index in [4.69, 9.17) is 0 Å². The van der Waals surface area contributed by atoms with E-state index in [1.54, 1.807) is 0 Å². The molecular weight excluding hydrogens is 178 g/mol. The first-order valence-corrected chi connectivity index (χ1v) is 5.85. The number of amides is 1. The van der Waals surface area contributed by atoms with Crippen molar-refractivity contribution >= 4 is 15.7 Å². The molecule has 0 saturated carbocycles. The van der Waals surface area contributed by atoms with Gasteiger partial charge in [-0.3, -0.25) is 4.79 Å². The molecular formula is C7H13NO3S. The Morgan fingerprint density at radius 2 is 2.17 bits per heavy atom. The van der Waals surface area contributed by atoms with E-state index in [1.807, 2.05) is 6.92 Å². The van der Waals surface area contributed by atoms with Crippen molar-refractivity contribution in [1.82, 2.24) is 4.90 Å². The van der Waals surface area contributed by atoms with Gasteiger partial charge in [0.25, 0.3) is 0 Å². The van der Waals surface area contributed by atoms with Crippen molar-refractivity contribution in [2.45, 2.75) is 19.8 Å². The molecule has 0 aromatic heterocycles. The smallest absolute Gasteiger partial charge is 0.223 e. The van der Waals surface area contributed by atoms with Crippen molar-refractivity contribution in [3.63, 3.8) is 0 Å². The second kappa shape index (κ2) is 3.43. The number of hydrogen-bond acceptors (Lipinski definition) is 3. The lowest BCUT2D eigenvalue weighted by Crippen LogP contribution is -2.28. The molecule has 1 aliphatic heterocycles. The van der Waals surface area contributed by atoms with Crippen molar-refractivity contribution in [3.05, 3.63) is 0 Å². The predicted octanol–water partition coefficient (Wildman–Crippen LogP) is 0.00100. The summed E-state index contributed by atoms with van der Waals surface area (Å²) in [5.74, 6) is 0.00690. The number of sulfone groups is 1. The summed E-state index contributed by atoms with van der Waals surface area (Å²) in [5, 5.41) is 0. The zero-order valence-electron chi connectivity index (χ0n) is 7.12. The van der Waals surface area contributed by atoms with Crippen molar-refractivity contribution < 1.29 is 13.2 Å². The molecule has 5 heteroatoms. The standard InChI is InChI=1S/C7H13NO3S/c1-2-3-7(9)8-4-5-12(10,11)6-8/h2-6H2,1H3. The molecule has 0 aliphatic carbocycles. The number of hydrogen-bond donors (Lipinski definition) is 0. The van der Waals surface area contributed by atoms with Crippen LogP contribution in [-0.2, 0) is 14.6 Å². The highest BCUT2D eigenvalue weighted by atomic mass is 32.2. The maximum Gasteiger partial charge on any atom is 0.223 e. The lowest BCUT2D eigenvalue weighted by molar-refractivity contribution is -0.129. The number of nitrogens with zero attached hydrogens (tertiary/aromatic N) is 1. The lowest BCUT2D eigenvalue weighted by Gasteiger charge is -2.12. The Hall–Kier alpha value is -0.580. The van der Waals surface area contributed by atoms with Crippen LogP contribution >= 0.6 is 0 Å². The second-order valence-electron chi connectivity index (χ2n) is 2.98. The van der Waals surface area contributed by atoms with Gasteiger partial charge in [0.1, 0.15) is 5.88 Å². The molecule has 0 spiro atoms. The van der Waals surface area contributed by atoms with Crippen molar-refractivity contribution in [3.8, 4) is 0 Å². The van der Waals surface area contributed by atoms with Crippen LogP contribution < -0.4 is 0 Å². The topological polar surface area (TPSA) is 54.5 Å². The second-order valence-corrected chi connectivity index (χ2v) is 5.14. The first-order valence-electron chi connectivity index (χ1n) is 4.03. The van der Waals surface area contributed by atoms with Gasteiger partial charge in [-0.05, 0) is 6.42 Å². The van der Waals surface area contributed by atoms with Gasteiger partial charge in [-0.2, -0.15) is 0 Å². The number of carbonyl (C=O) groups excluding carboxylic acids is 1. The number of rotatable bonds is 2. The van der Waals surface area contributed by atoms with E-state index in [1.165, 1.54) is 4.90 Å². The molecule has 0 unspecified atom stereocenters. The van der Waals surface area contributed by atoms with E-state index in [-0.39, 0.29) is 17.5 Å². The zero-order valence-corrected chi connectivity index (χ0v) is 7.93. The summed E-state index contributed by atoms with van der Waals surface area (Å²) in [6, 6.07) is 0. The average Bonchev–Trinajstić information content (AvgIpc) is 2.31. The van der Waals surface area contributed by atoms with E-state index in [9.17, 15) is 13.2 Å². The molecule has 4 nitrogen and oxygen atoms in total. The molecule has 0 atom stereocenters. The van der Waals surface area contributed by atoms with Crippen LogP contribution in [0.2, 0.25) is 0 Å². The van der Waals surface area contributed by atoms with Crippen molar-refractivity contribution in [2.75, 3.05) is 18.2 Å². The molecule has 70 valence electrons. The van der Waals surface area contributed by atoms with E-state index in [0.717, 1.165) is 6.42 Å². The van der Waals surface area contributed by atoms with Crippen LogP contribution in [0.15, 0.2) is 0 Å². The van der Waals surface area contributed by atoms with E-state index in [2.05, 4.69) is 0 Å². The molecule has 0 aromatic rings. The van der Waals surface area contributed by atoms with Crippen LogP contribution in [0.4, 0.5) is 0 Å². The molecule has 0 radical (unpaired) electrons. The monoisotopic (exact) mass is 191 g/mol.